The van der Waals surface area contributed by atoms with E-state index >= 15 is 0 Å². The third-order valence-electron chi connectivity index (χ3n) is 3.67. The summed E-state index contributed by atoms with van der Waals surface area (Å²) < 4.78 is 15.3. The van der Waals surface area contributed by atoms with Crippen LogP contribution in [-0.4, -0.2) is 38.6 Å². The number of carbonyl (C=O) groups excluding carboxylic acids is 3. The molecule has 0 radical (unpaired) electrons. The molecule has 8 nitrogen and oxygen atoms in total. The Bertz CT molecular complexity index is 810. The smallest absolute Gasteiger partial charge is 0.338 e. The molecule has 8 heteroatoms. The van der Waals surface area contributed by atoms with E-state index in [-0.39, 0.29) is 5.56 Å². The topological polar surface area (TPSA) is 103 Å². The van der Waals surface area contributed by atoms with Gasteiger partial charge in [0.1, 0.15) is 11.5 Å². The zero-order valence-electron chi connectivity index (χ0n) is 15.2. The van der Waals surface area contributed by atoms with Crippen LogP contribution in [0.15, 0.2) is 42.5 Å². The average molecular weight is 372 g/mol. The number of esters is 1. The minimum absolute atomic E-state index is 0.176. The fraction of sp³-hybridized carbons (Fsp3) is 0.211. The molecule has 0 unspecified atom stereocenters. The Labute approximate surface area is 156 Å². The van der Waals surface area contributed by atoms with Crippen LogP contribution in [-0.2, 0) is 9.53 Å². The van der Waals surface area contributed by atoms with Crippen molar-refractivity contribution in [2.75, 3.05) is 20.8 Å². The van der Waals surface area contributed by atoms with E-state index in [0.717, 1.165) is 5.56 Å². The van der Waals surface area contributed by atoms with E-state index in [1.807, 2.05) is 0 Å². The standard InChI is InChI=1S/C19H20N2O6/c1-12-15(25-2)9-14(10-16(12)26-3)19(24)27-11-17(22)20-21-18(23)13-7-5-4-6-8-13/h4-10H,11H2,1-3H3,(H,20,22)(H,21,23). The van der Waals surface area contributed by atoms with E-state index in [0.29, 0.717) is 17.1 Å². The van der Waals surface area contributed by atoms with Crippen LogP contribution in [0, 0.1) is 6.92 Å². The Kier molecular flexibility index (Phi) is 6.76. The van der Waals surface area contributed by atoms with Gasteiger partial charge in [0.25, 0.3) is 11.8 Å². The molecule has 0 saturated heterocycles. The van der Waals surface area contributed by atoms with Crippen molar-refractivity contribution in [3.05, 3.63) is 59.2 Å². The Balaban J connectivity index is 1.89. The minimum atomic E-state index is -0.726. The van der Waals surface area contributed by atoms with Gasteiger partial charge in [0.15, 0.2) is 6.61 Å². The van der Waals surface area contributed by atoms with Gasteiger partial charge in [-0.2, -0.15) is 0 Å². The molecule has 0 aliphatic carbocycles. The number of hydrogen-bond acceptors (Lipinski definition) is 6. The number of hydrogen-bond donors (Lipinski definition) is 2. The van der Waals surface area contributed by atoms with Crippen LogP contribution in [0.3, 0.4) is 0 Å². The number of amides is 2. The highest BCUT2D eigenvalue weighted by molar-refractivity contribution is 5.96. The van der Waals surface area contributed by atoms with Crippen molar-refractivity contribution in [1.29, 1.82) is 0 Å². The molecule has 0 fully saturated rings. The molecule has 0 spiro atoms. The first kappa shape index (κ1) is 19.8. The van der Waals surface area contributed by atoms with Gasteiger partial charge in [-0.3, -0.25) is 20.4 Å². The van der Waals surface area contributed by atoms with Gasteiger partial charge in [0.2, 0.25) is 0 Å². The fourth-order valence-corrected chi connectivity index (χ4v) is 2.24. The third kappa shape index (κ3) is 5.21. The van der Waals surface area contributed by atoms with Gasteiger partial charge < -0.3 is 14.2 Å². The molecule has 142 valence electrons. The van der Waals surface area contributed by atoms with Crippen molar-refractivity contribution in [2.45, 2.75) is 6.92 Å². The molecule has 2 N–H and O–H groups in total. The van der Waals surface area contributed by atoms with Gasteiger partial charge in [-0.1, -0.05) is 18.2 Å². The number of benzene rings is 2. The van der Waals surface area contributed by atoms with Crippen molar-refractivity contribution in [2.24, 2.45) is 0 Å². The molecule has 0 bridgehead atoms. The predicted molar refractivity (Wildman–Crippen MR) is 96.6 cm³/mol. The highest BCUT2D eigenvalue weighted by Crippen LogP contribution is 2.29. The zero-order valence-corrected chi connectivity index (χ0v) is 15.2. The summed E-state index contributed by atoms with van der Waals surface area (Å²) in [5.41, 5.74) is 5.71. The zero-order chi connectivity index (χ0) is 19.8. The van der Waals surface area contributed by atoms with E-state index in [1.165, 1.54) is 26.4 Å². The summed E-state index contributed by atoms with van der Waals surface area (Å²) in [5, 5.41) is 0. The molecule has 0 aliphatic rings. The van der Waals surface area contributed by atoms with Crippen LogP contribution in [0.1, 0.15) is 26.3 Å². The summed E-state index contributed by atoms with van der Waals surface area (Å²) in [6.07, 6.45) is 0. The third-order valence-corrected chi connectivity index (χ3v) is 3.67. The summed E-state index contributed by atoms with van der Waals surface area (Å²) in [6, 6.07) is 11.3. The molecule has 2 aromatic carbocycles. The first-order chi connectivity index (χ1) is 13.0. The summed E-state index contributed by atoms with van der Waals surface area (Å²) in [6.45, 7) is 1.22. The van der Waals surface area contributed by atoms with Gasteiger partial charge in [-0.25, -0.2) is 4.79 Å². The molecular formula is C19H20N2O6. The van der Waals surface area contributed by atoms with Crippen LogP contribution in [0.4, 0.5) is 0 Å². The van der Waals surface area contributed by atoms with E-state index in [1.54, 1.807) is 37.3 Å². The molecule has 0 atom stereocenters. The maximum absolute atomic E-state index is 12.2. The van der Waals surface area contributed by atoms with Crippen molar-refractivity contribution < 1.29 is 28.6 Å². The highest BCUT2D eigenvalue weighted by atomic mass is 16.5. The largest absolute Gasteiger partial charge is 0.496 e. The van der Waals surface area contributed by atoms with Gasteiger partial charge in [0.05, 0.1) is 19.8 Å². The average Bonchev–Trinajstić information content (AvgIpc) is 2.70. The molecule has 0 heterocycles. The fourth-order valence-electron chi connectivity index (χ4n) is 2.24. The predicted octanol–water partition coefficient (Wildman–Crippen LogP) is 1.63. The second kappa shape index (κ2) is 9.23. The van der Waals surface area contributed by atoms with Crippen LogP contribution < -0.4 is 20.3 Å². The number of ether oxygens (including phenoxy) is 3. The number of rotatable bonds is 6. The maximum atomic E-state index is 12.2. The normalized spacial score (nSPS) is 9.89. The van der Waals surface area contributed by atoms with Crippen molar-refractivity contribution in [3.8, 4) is 11.5 Å². The van der Waals surface area contributed by atoms with Gasteiger partial charge >= 0.3 is 5.97 Å². The Morgan fingerprint density at radius 3 is 2.04 bits per heavy atom. The lowest BCUT2D eigenvalue weighted by Gasteiger charge is -2.12. The lowest BCUT2D eigenvalue weighted by Crippen LogP contribution is -2.43. The molecule has 0 aromatic heterocycles. The second-order valence-electron chi connectivity index (χ2n) is 5.45. The molecule has 0 saturated carbocycles. The molecule has 27 heavy (non-hydrogen) atoms. The number of hydrazine groups is 1. The SMILES string of the molecule is COc1cc(C(=O)OCC(=O)NNC(=O)c2ccccc2)cc(OC)c1C. The van der Waals surface area contributed by atoms with Crippen LogP contribution in [0.5, 0.6) is 11.5 Å². The minimum Gasteiger partial charge on any atom is -0.496 e. The second-order valence-corrected chi connectivity index (χ2v) is 5.45. The van der Waals surface area contributed by atoms with Crippen molar-refractivity contribution >= 4 is 17.8 Å². The van der Waals surface area contributed by atoms with E-state index in [4.69, 9.17) is 14.2 Å². The van der Waals surface area contributed by atoms with Crippen molar-refractivity contribution in [1.82, 2.24) is 10.9 Å². The van der Waals surface area contributed by atoms with Crippen LogP contribution in [0.25, 0.3) is 0 Å². The maximum Gasteiger partial charge on any atom is 0.338 e. The summed E-state index contributed by atoms with van der Waals surface area (Å²) in [5.74, 6) is -0.972. The lowest BCUT2D eigenvalue weighted by molar-refractivity contribution is -0.125. The summed E-state index contributed by atoms with van der Waals surface area (Å²) in [4.78, 5) is 35.7. The Hall–Kier alpha value is -3.55. The van der Waals surface area contributed by atoms with Gasteiger partial charge in [0, 0.05) is 11.1 Å². The van der Waals surface area contributed by atoms with E-state index < -0.39 is 24.4 Å². The molecule has 2 rings (SSSR count). The molecule has 2 amide bonds. The van der Waals surface area contributed by atoms with Gasteiger partial charge in [-0.15, -0.1) is 0 Å². The molecule has 2 aromatic rings. The quantitative estimate of drug-likeness (QED) is 0.590. The van der Waals surface area contributed by atoms with Gasteiger partial charge in [-0.05, 0) is 31.2 Å². The summed E-state index contributed by atoms with van der Waals surface area (Å²) >= 11 is 0. The monoisotopic (exact) mass is 372 g/mol. The first-order valence-corrected chi connectivity index (χ1v) is 8.00. The van der Waals surface area contributed by atoms with Crippen molar-refractivity contribution in [3.63, 3.8) is 0 Å². The van der Waals surface area contributed by atoms with Crippen LogP contribution in [0.2, 0.25) is 0 Å². The first-order valence-electron chi connectivity index (χ1n) is 8.00. The lowest BCUT2D eigenvalue weighted by atomic mass is 10.1. The molecular weight excluding hydrogens is 352 g/mol. The van der Waals surface area contributed by atoms with E-state index in [2.05, 4.69) is 10.9 Å². The van der Waals surface area contributed by atoms with Crippen LogP contribution >= 0.6 is 0 Å². The Morgan fingerprint density at radius 2 is 1.48 bits per heavy atom. The van der Waals surface area contributed by atoms with E-state index in [9.17, 15) is 14.4 Å². The number of nitrogens with one attached hydrogen (secondary N) is 2. The summed E-state index contributed by atoms with van der Waals surface area (Å²) in [7, 11) is 2.94. The highest BCUT2D eigenvalue weighted by Gasteiger charge is 2.16. The molecule has 0 aliphatic heterocycles. The number of methoxy groups -OCH3 is 2. The number of carbonyl (C=O) groups is 3. The Morgan fingerprint density at radius 1 is 0.889 bits per heavy atom.